The molecule has 0 unspecified atom stereocenters. The van der Waals surface area contributed by atoms with Gasteiger partial charge in [-0.1, -0.05) is 0 Å². The molecule has 2 amide bonds. The van der Waals surface area contributed by atoms with Gasteiger partial charge in [-0.05, 0) is 37.3 Å². The average Bonchev–Trinajstić information content (AvgIpc) is 3.09. The zero-order chi connectivity index (χ0) is 19.2. The largest absolute Gasteiger partial charge is 0.367 e. The van der Waals surface area contributed by atoms with Crippen molar-refractivity contribution in [1.82, 2.24) is 25.3 Å². The average molecular weight is 373 g/mol. The number of halogens is 2. The van der Waals surface area contributed by atoms with Gasteiger partial charge >= 0.3 is 6.03 Å². The minimum atomic E-state index is -1.03. The van der Waals surface area contributed by atoms with E-state index in [-0.39, 0.29) is 12.2 Å². The van der Waals surface area contributed by atoms with Crippen molar-refractivity contribution in [2.45, 2.75) is 6.92 Å². The van der Waals surface area contributed by atoms with Gasteiger partial charge < -0.3 is 16.0 Å². The molecule has 1 aromatic carbocycles. The van der Waals surface area contributed by atoms with Crippen molar-refractivity contribution in [3.8, 4) is 5.82 Å². The standard InChI is InChI=1S/C17H17F2N7O/c1-11-6-9-26(25-11)16-5-4-15(23-24-16)20-7-8-21-17(27)22-12-2-3-13(18)14(19)10-12/h2-6,9-10H,7-8H2,1H3,(H,20,23)(H2,21,22,27). The molecule has 0 bridgehead atoms. The summed E-state index contributed by atoms with van der Waals surface area (Å²) in [6.07, 6.45) is 1.79. The smallest absolute Gasteiger partial charge is 0.319 e. The molecule has 2 heterocycles. The Bertz CT molecular complexity index is 927. The van der Waals surface area contributed by atoms with Crippen molar-refractivity contribution in [3.63, 3.8) is 0 Å². The zero-order valence-corrected chi connectivity index (χ0v) is 14.4. The van der Waals surface area contributed by atoms with Crippen LogP contribution in [0.3, 0.4) is 0 Å². The Labute approximate surface area is 153 Å². The fourth-order valence-corrected chi connectivity index (χ4v) is 2.20. The summed E-state index contributed by atoms with van der Waals surface area (Å²) in [6, 6.07) is 7.98. The Kier molecular flexibility index (Phi) is 5.55. The number of amides is 2. The van der Waals surface area contributed by atoms with Gasteiger partial charge in [0.15, 0.2) is 17.5 Å². The van der Waals surface area contributed by atoms with E-state index in [1.54, 1.807) is 23.0 Å². The van der Waals surface area contributed by atoms with Gasteiger partial charge in [0.25, 0.3) is 0 Å². The summed E-state index contributed by atoms with van der Waals surface area (Å²) in [7, 11) is 0. The van der Waals surface area contributed by atoms with E-state index in [4.69, 9.17) is 0 Å². The predicted octanol–water partition coefficient (Wildman–Crippen LogP) is 2.48. The van der Waals surface area contributed by atoms with Gasteiger partial charge in [-0.25, -0.2) is 18.3 Å². The maximum Gasteiger partial charge on any atom is 0.319 e. The lowest BCUT2D eigenvalue weighted by molar-refractivity contribution is 0.252. The molecule has 10 heteroatoms. The fraction of sp³-hybridized carbons (Fsp3) is 0.176. The van der Waals surface area contributed by atoms with Gasteiger partial charge in [-0.3, -0.25) is 0 Å². The van der Waals surface area contributed by atoms with Crippen molar-refractivity contribution in [3.05, 3.63) is 59.9 Å². The molecule has 8 nitrogen and oxygen atoms in total. The Hall–Kier alpha value is -3.56. The molecule has 0 saturated carbocycles. The normalized spacial score (nSPS) is 10.5. The van der Waals surface area contributed by atoms with E-state index in [0.717, 1.165) is 17.8 Å². The molecular weight excluding hydrogens is 356 g/mol. The van der Waals surface area contributed by atoms with Crippen LogP contribution >= 0.6 is 0 Å². The van der Waals surface area contributed by atoms with E-state index < -0.39 is 17.7 Å². The zero-order valence-electron chi connectivity index (χ0n) is 14.4. The van der Waals surface area contributed by atoms with Crippen molar-refractivity contribution in [2.75, 3.05) is 23.7 Å². The number of benzene rings is 1. The molecule has 0 atom stereocenters. The Morgan fingerprint density at radius 3 is 2.59 bits per heavy atom. The second kappa shape index (κ2) is 8.21. The number of rotatable bonds is 6. The fourth-order valence-electron chi connectivity index (χ4n) is 2.20. The third-order valence-electron chi connectivity index (χ3n) is 3.50. The maximum atomic E-state index is 13.1. The molecule has 0 aliphatic rings. The van der Waals surface area contributed by atoms with Gasteiger partial charge in [0.05, 0.1) is 5.69 Å². The Morgan fingerprint density at radius 2 is 1.93 bits per heavy atom. The highest BCUT2D eigenvalue weighted by Crippen LogP contribution is 2.12. The van der Waals surface area contributed by atoms with Crippen LogP contribution in [0.1, 0.15) is 5.69 Å². The van der Waals surface area contributed by atoms with Gasteiger partial charge in [-0.2, -0.15) is 5.10 Å². The molecule has 140 valence electrons. The van der Waals surface area contributed by atoms with E-state index in [1.165, 1.54) is 6.07 Å². The Balaban J connectivity index is 1.41. The first-order valence-electron chi connectivity index (χ1n) is 8.11. The minimum absolute atomic E-state index is 0.162. The summed E-state index contributed by atoms with van der Waals surface area (Å²) >= 11 is 0. The highest BCUT2D eigenvalue weighted by Gasteiger charge is 2.06. The van der Waals surface area contributed by atoms with Crippen LogP contribution in [0.25, 0.3) is 5.82 Å². The number of urea groups is 1. The van der Waals surface area contributed by atoms with Crippen LogP contribution in [0.5, 0.6) is 0 Å². The van der Waals surface area contributed by atoms with Crippen LogP contribution < -0.4 is 16.0 Å². The lowest BCUT2D eigenvalue weighted by atomic mass is 10.3. The molecule has 0 saturated heterocycles. The third-order valence-corrected chi connectivity index (χ3v) is 3.50. The second-order valence-electron chi connectivity index (χ2n) is 5.62. The van der Waals surface area contributed by atoms with Crippen molar-refractivity contribution >= 4 is 17.5 Å². The Morgan fingerprint density at radius 1 is 1.07 bits per heavy atom. The van der Waals surface area contributed by atoms with Gasteiger partial charge in [0.2, 0.25) is 0 Å². The molecule has 3 N–H and O–H groups in total. The first-order chi connectivity index (χ1) is 13.0. The number of aromatic nitrogens is 4. The van der Waals surface area contributed by atoms with E-state index in [9.17, 15) is 13.6 Å². The summed E-state index contributed by atoms with van der Waals surface area (Å²) < 4.78 is 27.5. The van der Waals surface area contributed by atoms with Gasteiger partial charge in [0, 0.05) is 31.0 Å². The van der Waals surface area contributed by atoms with Gasteiger partial charge in [0.1, 0.15) is 5.82 Å². The topological polar surface area (TPSA) is 96.8 Å². The summed E-state index contributed by atoms with van der Waals surface area (Å²) in [6.45, 7) is 2.58. The predicted molar refractivity (Wildman–Crippen MR) is 95.8 cm³/mol. The summed E-state index contributed by atoms with van der Waals surface area (Å²) in [5.41, 5.74) is 1.04. The molecule has 0 radical (unpaired) electrons. The molecule has 0 fully saturated rings. The molecule has 3 rings (SSSR count). The molecule has 0 spiro atoms. The number of nitrogens with one attached hydrogen (secondary N) is 3. The van der Waals surface area contributed by atoms with Crippen LogP contribution in [0, 0.1) is 18.6 Å². The third kappa shape index (κ3) is 4.97. The van der Waals surface area contributed by atoms with Crippen LogP contribution in [-0.2, 0) is 0 Å². The lowest BCUT2D eigenvalue weighted by Crippen LogP contribution is -2.32. The molecule has 2 aromatic heterocycles. The van der Waals surface area contributed by atoms with Crippen molar-refractivity contribution in [2.24, 2.45) is 0 Å². The monoisotopic (exact) mass is 373 g/mol. The van der Waals surface area contributed by atoms with E-state index in [0.29, 0.717) is 18.2 Å². The van der Waals surface area contributed by atoms with Crippen LogP contribution in [0.2, 0.25) is 0 Å². The SMILES string of the molecule is Cc1ccn(-c2ccc(NCCNC(=O)Nc3ccc(F)c(F)c3)nn2)n1. The van der Waals surface area contributed by atoms with Crippen molar-refractivity contribution in [1.29, 1.82) is 0 Å². The molecular formula is C17H17F2N7O. The van der Waals surface area contributed by atoms with E-state index >= 15 is 0 Å². The number of hydrogen-bond acceptors (Lipinski definition) is 5. The lowest BCUT2D eigenvalue weighted by Gasteiger charge is -2.09. The molecule has 0 aliphatic carbocycles. The first kappa shape index (κ1) is 18.2. The van der Waals surface area contributed by atoms with Crippen molar-refractivity contribution < 1.29 is 13.6 Å². The highest BCUT2D eigenvalue weighted by atomic mass is 19.2. The number of carbonyl (C=O) groups is 1. The van der Waals surface area contributed by atoms with Crippen LogP contribution in [-0.4, -0.2) is 39.1 Å². The summed E-state index contributed by atoms with van der Waals surface area (Å²) in [4.78, 5) is 11.7. The number of nitrogens with zero attached hydrogens (tertiary/aromatic N) is 4. The second-order valence-corrected chi connectivity index (χ2v) is 5.62. The molecule has 27 heavy (non-hydrogen) atoms. The van der Waals surface area contributed by atoms with Crippen LogP contribution in [0.4, 0.5) is 25.1 Å². The first-order valence-corrected chi connectivity index (χ1v) is 8.11. The minimum Gasteiger partial charge on any atom is -0.367 e. The summed E-state index contributed by atoms with van der Waals surface area (Å²) in [5, 5.41) is 20.4. The quantitative estimate of drug-likeness (QED) is 0.577. The number of hydrogen-bond donors (Lipinski definition) is 3. The number of carbonyl (C=O) groups excluding carboxylic acids is 1. The highest BCUT2D eigenvalue weighted by molar-refractivity contribution is 5.89. The maximum absolute atomic E-state index is 13.1. The van der Waals surface area contributed by atoms with Crippen LogP contribution in [0.15, 0.2) is 42.6 Å². The molecule has 3 aromatic rings. The van der Waals surface area contributed by atoms with E-state index in [2.05, 4.69) is 31.2 Å². The molecule has 0 aliphatic heterocycles. The van der Waals surface area contributed by atoms with Gasteiger partial charge in [-0.15, -0.1) is 10.2 Å². The van der Waals surface area contributed by atoms with E-state index in [1.807, 2.05) is 13.0 Å². The summed E-state index contributed by atoms with van der Waals surface area (Å²) in [5.74, 6) is -0.857. The number of aryl methyl sites for hydroxylation is 1. The number of anilines is 2.